The van der Waals surface area contributed by atoms with Crippen molar-refractivity contribution in [1.82, 2.24) is 0 Å². The van der Waals surface area contributed by atoms with Crippen LogP contribution in [0.25, 0.3) is 21.5 Å². The molecule has 0 radical (unpaired) electrons. The van der Waals surface area contributed by atoms with E-state index >= 15 is 0 Å². The topological polar surface area (TPSA) is 34.1 Å². The number of Topliss-reactive ketones (excluding diaryl/α,β-unsaturated/α-hetero) is 2. The molecular weight excluding hydrogens is 308 g/mol. The first-order chi connectivity index (χ1) is 12.2. The Bertz CT molecular complexity index is 1130. The minimum absolute atomic E-state index is 0.0963. The summed E-state index contributed by atoms with van der Waals surface area (Å²) in [5.41, 5.74) is 1.86. The Kier molecular flexibility index (Phi) is 2.89. The van der Waals surface area contributed by atoms with Gasteiger partial charge in [-0.25, -0.2) is 0 Å². The van der Waals surface area contributed by atoms with E-state index in [0.717, 1.165) is 27.1 Å². The van der Waals surface area contributed by atoms with Gasteiger partial charge in [0.1, 0.15) is 5.92 Å². The fourth-order valence-electron chi connectivity index (χ4n) is 3.77. The molecular formula is C23H14O2. The van der Waals surface area contributed by atoms with Crippen LogP contribution in [0.15, 0.2) is 78.9 Å². The molecule has 0 aromatic heterocycles. The van der Waals surface area contributed by atoms with Crippen LogP contribution >= 0.6 is 0 Å². The van der Waals surface area contributed by atoms with Crippen LogP contribution in [0, 0.1) is 0 Å². The monoisotopic (exact) mass is 322 g/mol. The van der Waals surface area contributed by atoms with Crippen LogP contribution < -0.4 is 0 Å². The molecule has 2 heteroatoms. The highest BCUT2D eigenvalue weighted by Crippen LogP contribution is 2.37. The molecule has 5 rings (SSSR count). The normalized spacial score (nSPS) is 14.4. The minimum atomic E-state index is -0.726. The molecule has 4 aromatic carbocycles. The number of rotatable bonds is 1. The SMILES string of the molecule is O=C1c2cc3ccccc3cc2C(=O)C1c1ccc2ccccc2c1. The first-order valence-electron chi connectivity index (χ1n) is 8.32. The molecule has 2 nitrogen and oxygen atoms in total. The second-order valence-corrected chi connectivity index (χ2v) is 6.51. The van der Waals surface area contributed by atoms with Crippen molar-refractivity contribution in [1.29, 1.82) is 0 Å². The Labute approximate surface area is 144 Å². The molecule has 0 heterocycles. The minimum Gasteiger partial charge on any atom is -0.293 e. The average molecular weight is 322 g/mol. The molecule has 1 aliphatic carbocycles. The molecule has 0 amide bonds. The highest BCUT2D eigenvalue weighted by atomic mass is 16.2. The lowest BCUT2D eigenvalue weighted by atomic mass is 9.92. The van der Waals surface area contributed by atoms with Gasteiger partial charge in [-0.3, -0.25) is 9.59 Å². The fraction of sp³-hybridized carbons (Fsp3) is 0.0435. The molecule has 118 valence electrons. The number of ketones is 2. The van der Waals surface area contributed by atoms with Crippen LogP contribution in [-0.2, 0) is 0 Å². The van der Waals surface area contributed by atoms with Crippen molar-refractivity contribution in [3.8, 4) is 0 Å². The molecule has 25 heavy (non-hydrogen) atoms. The molecule has 0 N–H and O–H groups in total. The third kappa shape index (κ3) is 2.04. The summed E-state index contributed by atoms with van der Waals surface area (Å²) in [6.45, 7) is 0. The zero-order valence-electron chi connectivity index (χ0n) is 13.4. The maximum Gasteiger partial charge on any atom is 0.178 e. The smallest absolute Gasteiger partial charge is 0.178 e. The summed E-state index contributed by atoms with van der Waals surface area (Å²) in [6, 6.07) is 25.3. The molecule has 0 atom stereocenters. The van der Waals surface area contributed by atoms with Crippen molar-refractivity contribution >= 4 is 33.1 Å². The first-order valence-corrected chi connectivity index (χ1v) is 8.32. The third-order valence-corrected chi connectivity index (χ3v) is 5.05. The number of carbonyl (C=O) groups excluding carboxylic acids is 2. The van der Waals surface area contributed by atoms with Crippen LogP contribution in [0.5, 0.6) is 0 Å². The van der Waals surface area contributed by atoms with E-state index in [-0.39, 0.29) is 11.6 Å². The van der Waals surface area contributed by atoms with E-state index in [2.05, 4.69) is 0 Å². The van der Waals surface area contributed by atoms with E-state index < -0.39 is 5.92 Å². The van der Waals surface area contributed by atoms with Gasteiger partial charge in [0.2, 0.25) is 0 Å². The summed E-state index contributed by atoms with van der Waals surface area (Å²) in [7, 11) is 0. The second kappa shape index (κ2) is 5.12. The highest BCUT2D eigenvalue weighted by Gasteiger charge is 2.39. The van der Waals surface area contributed by atoms with Crippen LogP contribution in [0.4, 0.5) is 0 Å². The predicted molar refractivity (Wildman–Crippen MR) is 99.3 cm³/mol. The van der Waals surface area contributed by atoms with E-state index in [1.54, 1.807) is 0 Å². The van der Waals surface area contributed by atoms with Gasteiger partial charge in [-0.15, -0.1) is 0 Å². The lowest BCUT2D eigenvalue weighted by Gasteiger charge is -2.08. The molecule has 0 bridgehead atoms. The lowest BCUT2D eigenvalue weighted by Crippen LogP contribution is -2.12. The van der Waals surface area contributed by atoms with Gasteiger partial charge >= 0.3 is 0 Å². The van der Waals surface area contributed by atoms with Gasteiger partial charge in [0.25, 0.3) is 0 Å². The molecule has 1 aliphatic rings. The Morgan fingerprint density at radius 3 is 1.56 bits per heavy atom. The van der Waals surface area contributed by atoms with E-state index in [1.165, 1.54) is 0 Å². The Hall–Kier alpha value is -3.26. The van der Waals surface area contributed by atoms with Gasteiger partial charge in [-0.2, -0.15) is 0 Å². The molecule has 0 spiro atoms. The number of hydrogen-bond acceptors (Lipinski definition) is 2. The Morgan fingerprint density at radius 1 is 0.520 bits per heavy atom. The number of benzene rings is 4. The first kappa shape index (κ1) is 14.1. The molecule has 0 fully saturated rings. The zero-order valence-corrected chi connectivity index (χ0v) is 13.4. The average Bonchev–Trinajstić information content (AvgIpc) is 2.90. The number of hydrogen-bond donors (Lipinski definition) is 0. The number of carbonyl (C=O) groups is 2. The Morgan fingerprint density at radius 2 is 1.00 bits per heavy atom. The maximum absolute atomic E-state index is 13.0. The molecule has 0 saturated heterocycles. The van der Waals surface area contributed by atoms with Gasteiger partial charge in [0, 0.05) is 11.1 Å². The van der Waals surface area contributed by atoms with Crippen molar-refractivity contribution in [2.45, 2.75) is 5.92 Å². The second-order valence-electron chi connectivity index (χ2n) is 6.51. The van der Waals surface area contributed by atoms with E-state index in [9.17, 15) is 9.59 Å². The van der Waals surface area contributed by atoms with Crippen LogP contribution in [-0.4, -0.2) is 11.6 Å². The summed E-state index contributed by atoms with van der Waals surface area (Å²) in [6.07, 6.45) is 0. The van der Waals surface area contributed by atoms with E-state index in [0.29, 0.717) is 11.1 Å². The summed E-state index contributed by atoms with van der Waals surface area (Å²) in [5, 5.41) is 4.12. The van der Waals surface area contributed by atoms with Gasteiger partial charge < -0.3 is 0 Å². The van der Waals surface area contributed by atoms with Crippen molar-refractivity contribution in [2.75, 3.05) is 0 Å². The van der Waals surface area contributed by atoms with Gasteiger partial charge in [0.05, 0.1) is 0 Å². The van der Waals surface area contributed by atoms with Gasteiger partial charge in [0.15, 0.2) is 11.6 Å². The van der Waals surface area contributed by atoms with Gasteiger partial charge in [-0.05, 0) is 45.3 Å². The van der Waals surface area contributed by atoms with Crippen molar-refractivity contribution < 1.29 is 9.59 Å². The third-order valence-electron chi connectivity index (χ3n) is 5.05. The fourth-order valence-corrected chi connectivity index (χ4v) is 3.77. The predicted octanol–water partition coefficient (Wildman–Crippen LogP) is 5.16. The Balaban J connectivity index is 1.68. The van der Waals surface area contributed by atoms with Crippen molar-refractivity contribution in [3.63, 3.8) is 0 Å². The van der Waals surface area contributed by atoms with Crippen LogP contribution in [0.3, 0.4) is 0 Å². The van der Waals surface area contributed by atoms with Crippen molar-refractivity contribution in [2.24, 2.45) is 0 Å². The quantitative estimate of drug-likeness (QED) is 0.454. The molecule has 0 saturated carbocycles. The molecule has 4 aromatic rings. The van der Waals surface area contributed by atoms with E-state index in [1.807, 2.05) is 78.9 Å². The molecule has 0 unspecified atom stereocenters. The van der Waals surface area contributed by atoms with Crippen molar-refractivity contribution in [3.05, 3.63) is 95.6 Å². The summed E-state index contributed by atoms with van der Waals surface area (Å²) in [5.74, 6) is -0.918. The lowest BCUT2D eigenvalue weighted by molar-refractivity contribution is 0.0890. The highest BCUT2D eigenvalue weighted by molar-refractivity contribution is 6.31. The standard InChI is InChI=1S/C23H14O2/c24-22-19-12-16-7-3-4-8-17(16)13-20(19)23(25)21(22)18-10-9-14-5-1-2-6-15(14)11-18/h1-13,21H. The summed E-state index contributed by atoms with van der Waals surface area (Å²) >= 11 is 0. The van der Waals surface area contributed by atoms with Crippen LogP contribution in [0.1, 0.15) is 32.2 Å². The largest absolute Gasteiger partial charge is 0.293 e. The molecule has 0 aliphatic heterocycles. The number of fused-ring (bicyclic) bond motifs is 3. The van der Waals surface area contributed by atoms with Gasteiger partial charge in [-0.1, -0.05) is 60.7 Å². The maximum atomic E-state index is 13.0. The summed E-state index contributed by atoms with van der Waals surface area (Å²) in [4.78, 5) is 25.9. The van der Waals surface area contributed by atoms with E-state index in [4.69, 9.17) is 0 Å². The summed E-state index contributed by atoms with van der Waals surface area (Å²) < 4.78 is 0. The van der Waals surface area contributed by atoms with Crippen LogP contribution in [0.2, 0.25) is 0 Å². The zero-order chi connectivity index (χ0) is 17.0.